The molecule has 1 aromatic rings. The standard InChI is InChI=1S/C13H17N3/c1-11-7-8-16(13(9-11)10-14)15-12-5-3-2-4-6-12/h2-6,11,13,15H,7-9H2,1H3/t11-,13-/m1/s1. The summed E-state index contributed by atoms with van der Waals surface area (Å²) < 4.78 is 0. The fourth-order valence-electron chi connectivity index (χ4n) is 2.08. The van der Waals surface area contributed by atoms with Crippen molar-refractivity contribution in [3.05, 3.63) is 30.3 Å². The summed E-state index contributed by atoms with van der Waals surface area (Å²) in [6.45, 7) is 3.15. The molecular formula is C13H17N3. The number of anilines is 1. The first kappa shape index (κ1) is 11.0. The van der Waals surface area contributed by atoms with E-state index in [-0.39, 0.29) is 6.04 Å². The molecule has 1 saturated heterocycles. The van der Waals surface area contributed by atoms with E-state index in [0.717, 1.165) is 25.1 Å². The number of piperidine rings is 1. The minimum atomic E-state index is -0.0102. The van der Waals surface area contributed by atoms with Gasteiger partial charge in [-0.1, -0.05) is 25.1 Å². The molecule has 84 valence electrons. The highest BCUT2D eigenvalue weighted by Crippen LogP contribution is 2.22. The van der Waals surface area contributed by atoms with Crippen LogP contribution in [0.4, 0.5) is 5.69 Å². The summed E-state index contributed by atoms with van der Waals surface area (Å²) in [5, 5.41) is 11.2. The third kappa shape index (κ3) is 2.53. The lowest BCUT2D eigenvalue weighted by Gasteiger charge is -2.35. The SMILES string of the molecule is C[C@@H]1CCN(Nc2ccccc2)[C@@H](C#N)C1. The Hall–Kier alpha value is -1.53. The molecule has 1 aromatic carbocycles. The van der Waals surface area contributed by atoms with Gasteiger partial charge in [0.05, 0.1) is 6.07 Å². The van der Waals surface area contributed by atoms with Crippen LogP contribution in [-0.4, -0.2) is 17.6 Å². The number of nitrogens with zero attached hydrogens (tertiary/aromatic N) is 2. The van der Waals surface area contributed by atoms with Gasteiger partial charge in [0, 0.05) is 12.2 Å². The first-order valence-electron chi connectivity index (χ1n) is 5.77. The second kappa shape index (κ2) is 5.00. The first-order chi connectivity index (χ1) is 7.79. The van der Waals surface area contributed by atoms with Crippen molar-refractivity contribution in [3.8, 4) is 6.07 Å². The van der Waals surface area contributed by atoms with E-state index in [0.29, 0.717) is 5.92 Å². The topological polar surface area (TPSA) is 39.1 Å². The zero-order valence-corrected chi connectivity index (χ0v) is 9.56. The summed E-state index contributed by atoms with van der Waals surface area (Å²) in [4.78, 5) is 0. The highest BCUT2D eigenvalue weighted by molar-refractivity contribution is 5.41. The maximum Gasteiger partial charge on any atom is 0.116 e. The quantitative estimate of drug-likeness (QED) is 0.824. The van der Waals surface area contributed by atoms with Crippen LogP contribution in [0, 0.1) is 17.2 Å². The zero-order chi connectivity index (χ0) is 11.4. The van der Waals surface area contributed by atoms with E-state index in [2.05, 4.69) is 23.4 Å². The second-order valence-electron chi connectivity index (χ2n) is 4.45. The Bertz CT molecular complexity index is 369. The highest BCUT2D eigenvalue weighted by Gasteiger charge is 2.25. The molecular weight excluding hydrogens is 198 g/mol. The van der Waals surface area contributed by atoms with Gasteiger partial charge >= 0.3 is 0 Å². The molecule has 1 aliphatic rings. The lowest BCUT2D eigenvalue weighted by molar-refractivity contribution is 0.183. The fourth-order valence-corrected chi connectivity index (χ4v) is 2.08. The third-order valence-corrected chi connectivity index (χ3v) is 3.06. The molecule has 16 heavy (non-hydrogen) atoms. The van der Waals surface area contributed by atoms with Crippen molar-refractivity contribution in [3.63, 3.8) is 0 Å². The number of nitriles is 1. The summed E-state index contributed by atoms with van der Waals surface area (Å²) >= 11 is 0. The van der Waals surface area contributed by atoms with Gasteiger partial charge in [-0.3, -0.25) is 0 Å². The molecule has 0 unspecified atom stereocenters. The molecule has 1 fully saturated rings. The predicted molar refractivity (Wildman–Crippen MR) is 64.6 cm³/mol. The largest absolute Gasteiger partial charge is 0.318 e. The van der Waals surface area contributed by atoms with Gasteiger partial charge in [-0.2, -0.15) is 5.26 Å². The first-order valence-corrected chi connectivity index (χ1v) is 5.77. The molecule has 0 aromatic heterocycles. The summed E-state index contributed by atoms with van der Waals surface area (Å²) in [6, 6.07) is 12.4. The van der Waals surface area contributed by atoms with Crippen LogP contribution in [0.2, 0.25) is 0 Å². The zero-order valence-electron chi connectivity index (χ0n) is 9.56. The van der Waals surface area contributed by atoms with E-state index >= 15 is 0 Å². The monoisotopic (exact) mass is 215 g/mol. The maximum atomic E-state index is 9.13. The van der Waals surface area contributed by atoms with Crippen LogP contribution in [0.5, 0.6) is 0 Å². The average Bonchev–Trinajstić information content (AvgIpc) is 2.33. The molecule has 3 nitrogen and oxygen atoms in total. The van der Waals surface area contributed by atoms with Crippen molar-refractivity contribution in [2.24, 2.45) is 5.92 Å². The van der Waals surface area contributed by atoms with Crippen LogP contribution < -0.4 is 5.43 Å². The Morgan fingerprint density at radius 1 is 1.38 bits per heavy atom. The summed E-state index contributed by atoms with van der Waals surface area (Å²) in [5.41, 5.74) is 4.37. The maximum absolute atomic E-state index is 9.13. The Morgan fingerprint density at radius 2 is 2.12 bits per heavy atom. The molecule has 0 spiro atoms. The molecule has 1 aliphatic heterocycles. The van der Waals surface area contributed by atoms with Gasteiger partial charge in [-0.15, -0.1) is 0 Å². The van der Waals surface area contributed by atoms with E-state index in [4.69, 9.17) is 5.26 Å². The second-order valence-corrected chi connectivity index (χ2v) is 4.45. The van der Waals surface area contributed by atoms with Crippen molar-refractivity contribution in [2.45, 2.75) is 25.8 Å². The van der Waals surface area contributed by atoms with Gasteiger partial charge in [0.15, 0.2) is 0 Å². The van der Waals surface area contributed by atoms with Crippen molar-refractivity contribution in [2.75, 3.05) is 12.0 Å². The minimum Gasteiger partial charge on any atom is -0.318 e. The van der Waals surface area contributed by atoms with Gasteiger partial charge < -0.3 is 5.43 Å². The molecule has 1 heterocycles. The van der Waals surface area contributed by atoms with Crippen LogP contribution in [0.3, 0.4) is 0 Å². The summed E-state index contributed by atoms with van der Waals surface area (Å²) in [7, 11) is 0. The van der Waals surface area contributed by atoms with E-state index in [1.807, 2.05) is 30.3 Å². The van der Waals surface area contributed by atoms with Crippen LogP contribution in [0.25, 0.3) is 0 Å². The van der Waals surface area contributed by atoms with Crippen LogP contribution in [0.1, 0.15) is 19.8 Å². The molecule has 1 N–H and O–H groups in total. The van der Waals surface area contributed by atoms with Crippen LogP contribution in [-0.2, 0) is 0 Å². The van der Waals surface area contributed by atoms with Gasteiger partial charge in [0.2, 0.25) is 0 Å². The average molecular weight is 215 g/mol. The number of rotatable bonds is 2. The van der Waals surface area contributed by atoms with E-state index < -0.39 is 0 Å². The van der Waals surface area contributed by atoms with Crippen molar-refractivity contribution in [1.29, 1.82) is 5.26 Å². The van der Waals surface area contributed by atoms with Crippen LogP contribution in [0.15, 0.2) is 30.3 Å². The molecule has 0 aliphatic carbocycles. The Morgan fingerprint density at radius 3 is 2.81 bits per heavy atom. The lowest BCUT2D eigenvalue weighted by atomic mass is 9.94. The fraction of sp³-hybridized carbons (Fsp3) is 0.462. The molecule has 0 saturated carbocycles. The summed E-state index contributed by atoms with van der Waals surface area (Å²) in [5.74, 6) is 0.651. The Labute approximate surface area is 96.7 Å². The van der Waals surface area contributed by atoms with Gasteiger partial charge in [0.25, 0.3) is 0 Å². The minimum absolute atomic E-state index is 0.0102. The number of hydrazine groups is 1. The number of hydrogen-bond acceptors (Lipinski definition) is 3. The molecule has 0 amide bonds. The van der Waals surface area contributed by atoms with E-state index in [1.165, 1.54) is 0 Å². The Balaban J connectivity index is 2.02. The van der Waals surface area contributed by atoms with Gasteiger partial charge in [-0.05, 0) is 30.9 Å². The number of para-hydroxylation sites is 1. The molecule has 2 atom stereocenters. The normalized spacial score (nSPS) is 26.0. The van der Waals surface area contributed by atoms with Crippen molar-refractivity contribution < 1.29 is 0 Å². The number of benzene rings is 1. The van der Waals surface area contributed by atoms with Gasteiger partial charge in [-0.25, -0.2) is 5.01 Å². The number of nitrogens with one attached hydrogen (secondary N) is 1. The van der Waals surface area contributed by atoms with E-state index in [1.54, 1.807) is 0 Å². The predicted octanol–water partition coefficient (Wildman–Crippen LogP) is 2.64. The van der Waals surface area contributed by atoms with E-state index in [9.17, 15) is 0 Å². The number of hydrogen-bond donors (Lipinski definition) is 1. The highest BCUT2D eigenvalue weighted by atomic mass is 15.5. The van der Waals surface area contributed by atoms with Gasteiger partial charge in [0.1, 0.15) is 6.04 Å². The van der Waals surface area contributed by atoms with Crippen molar-refractivity contribution in [1.82, 2.24) is 5.01 Å². The molecule has 0 bridgehead atoms. The van der Waals surface area contributed by atoms with Crippen molar-refractivity contribution >= 4 is 5.69 Å². The van der Waals surface area contributed by atoms with Crippen LogP contribution >= 0.6 is 0 Å². The molecule has 2 rings (SSSR count). The lowest BCUT2D eigenvalue weighted by Crippen LogP contribution is -2.44. The molecule has 0 radical (unpaired) electrons. The smallest absolute Gasteiger partial charge is 0.116 e. The molecule has 3 heteroatoms. The third-order valence-electron chi connectivity index (χ3n) is 3.06. The summed E-state index contributed by atoms with van der Waals surface area (Å²) in [6.07, 6.45) is 2.11. The Kier molecular flexibility index (Phi) is 3.43.